The molecule has 0 radical (unpaired) electrons. The minimum atomic E-state index is -0.515. The van der Waals surface area contributed by atoms with Gasteiger partial charge in [-0.25, -0.2) is 9.37 Å². The van der Waals surface area contributed by atoms with E-state index in [1.165, 1.54) is 12.3 Å². The zero-order valence-electron chi connectivity index (χ0n) is 16.6. The van der Waals surface area contributed by atoms with Crippen molar-refractivity contribution in [3.8, 4) is 10.6 Å². The molecule has 1 aliphatic carbocycles. The lowest BCUT2D eigenvalue weighted by Gasteiger charge is -2.17. The molecule has 5 N–H and O–H groups in total. The first-order chi connectivity index (χ1) is 14.4. The molecule has 30 heavy (non-hydrogen) atoms. The van der Waals surface area contributed by atoms with Crippen molar-refractivity contribution in [1.82, 2.24) is 19.7 Å². The van der Waals surface area contributed by atoms with E-state index in [1.807, 2.05) is 7.05 Å². The number of nitrogen functional groups attached to an aromatic ring is 1. The van der Waals surface area contributed by atoms with E-state index in [0.29, 0.717) is 10.7 Å². The average Bonchev–Trinajstić information content (AvgIpc) is 3.20. The van der Waals surface area contributed by atoms with Gasteiger partial charge in [-0.2, -0.15) is 5.10 Å². The van der Waals surface area contributed by atoms with E-state index < -0.39 is 11.7 Å². The third-order valence-electron chi connectivity index (χ3n) is 5.50. The summed E-state index contributed by atoms with van der Waals surface area (Å²) in [6, 6.07) is 1.73. The van der Waals surface area contributed by atoms with E-state index >= 15 is 0 Å². The predicted octanol–water partition coefficient (Wildman–Crippen LogP) is 3.29. The monoisotopic (exact) mass is 429 g/mol. The van der Waals surface area contributed by atoms with Crippen LogP contribution in [-0.2, 0) is 7.05 Å². The fourth-order valence-electron chi connectivity index (χ4n) is 3.97. The Labute approximate surface area is 177 Å². The molecule has 1 amide bonds. The van der Waals surface area contributed by atoms with Crippen LogP contribution in [-0.4, -0.2) is 31.7 Å². The fourth-order valence-corrected chi connectivity index (χ4v) is 4.83. The number of carbonyl (C=O) groups is 1. The molecule has 1 fully saturated rings. The highest BCUT2D eigenvalue weighted by molar-refractivity contribution is 7.19. The van der Waals surface area contributed by atoms with Crippen molar-refractivity contribution in [3.63, 3.8) is 0 Å². The van der Waals surface area contributed by atoms with Crippen LogP contribution in [0.2, 0.25) is 0 Å². The lowest BCUT2D eigenvalue weighted by molar-refractivity contribution is 0.102. The number of anilines is 2. The summed E-state index contributed by atoms with van der Waals surface area (Å²) < 4.78 is 15.8. The standard InChI is InChI=1S/C20H24FN7OS/c1-28-17(11-3-2-4-12(22)6-5-11)15(10-25-28)26-19(29)16-18(23)30-20(27-16)13-7-8-24-9-14(13)21/h7-12H,2-6,22-23H2,1H3,(H,26,29). The Bertz CT molecular complexity index is 1060. The molecule has 0 aromatic carbocycles. The van der Waals surface area contributed by atoms with Gasteiger partial charge >= 0.3 is 0 Å². The normalized spacial score (nSPS) is 19.4. The van der Waals surface area contributed by atoms with E-state index in [4.69, 9.17) is 11.5 Å². The molecule has 2 atom stereocenters. The molecule has 4 rings (SSSR count). The first kappa shape index (κ1) is 20.4. The van der Waals surface area contributed by atoms with Gasteiger partial charge in [-0.15, -0.1) is 0 Å². The Hall–Kier alpha value is -2.85. The molecule has 0 bridgehead atoms. The molecule has 3 heterocycles. The van der Waals surface area contributed by atoms with E-state index in [1.54, 1.807) is 10.9 Å². The molecular formula is C20H24FN7OS. The van der Waals surface area contributed by atoms with E-state index in [-0.39, 0.29) is 28.2 Å². The molecule has 2 unspecified atom stereocenters. The number of halogens is 1. The number of aromatic nitrogens is 4. The van der Waals surface area contributed by atoms with Crippen LogP contribution in [0.25, 0.3) is 10.6 Å². The summed E-state index contributed by atoms with van der Waals surface area (Å²) in [7, 11) is 1.87. The molecular weight excluding hydrogens is 405 g/mol. The SMILES string of the molecule is Cn1ncc(NC(=O)c2nc(-c3ccncc3F)sc2N)c1C1CCCC(N)CC1. The van der Waals surface area contributed by atoms with Crippen molar-refractivity contribution in [1.29, 1.82) is 0 Å². The van der Waals surface area contributed by atoms with Gasteiger partial charge in [0.05, 0.1) is 23.8 Å². The quantitative estimate of drug-likeness (QED) is 0.547. The zero-order chi connectivity index (χ0) is 21.3. The van der Waals surface area contributed by atoms with Gasteiger partial charge < -0.3 is 16.8 Å². The lowest BCUT2D eigenvalue weighted by Crippen LogP contribution is -2.18. The summed E-state index contributed by atoms with van der Waals surface area (Å²) in [5.74, 6) is -0.682. The number of hydrogen-bond donors (Lipinski definition) is 3. The Balaban J connectivity index is 1.58. The Morgan fingerprint density at radius 2 is 2.13 bits per heavy atom. The van der Waals surface area contributed by atoms with Gasteiger partial charge in [0.25, 0.3) is 5.91 Å². The van der Waals surface area contributed by atoms with Crippen LogP contribution in [0, 0.1) is 5.82 Å². The van der Waals surface area contributed by atoms with Crippen molar-refractivity contribution in [3.05, 3.63) is 41.9 Å². The number of thiazole rings is 1. The van der Waals surface area contributed by atoms with Gasteiger partial charge in [0.1, 0.15) is 10.0 Å². The number of nitrogens with one attached hydrogen (secondary N) is 1. The number of pyridine rings is 1. The smallest absolute Gasteiger partial charge is 0.277 e. The number of rotatable bonds is 4. The van der Waals surface area contributed by atoms with Gasteiger partial charge in [0.15, 0.2) is 11.5 Å². The number of carbonyl (C=O) groups excluding carboxylic acids is 1. The van der Waals surface area contributed by atoms with E-state index in [2.05, 4.69) is 20.4 Å². The predicted molar refractivity (Wildman–Crippen MR) is 115 cm³/mol. The Morgan fingerprint density at radius 3 is 2.93 bits per heavy atom. The zero-order valence-corrected chi connectivity index (χ0v) is 17.5. The Kier molecular flexibility index (Phi) is 5.78. The maximum atomic E-state index is 14.0. The number of amides is 1. The second kappa shape index (κ2) is 8.49. The molecule has 0 spiro atoms. The maximum absolute atomic E-state index is 14.0. The van der Waals surface area contributed by atoms with Crippen LogP contribution in [0.15, 0.2) is 24.7 Å². The van der Waals surface area contributed by atoms with Gasteiger partial charge in [-0.05, 0) is 31.7 Å². The van der Waals surface area contributed by atoms with Crippen LogP contribution < -0.4 is 16.8 Å². The highest BCUT2D eigenvalue weighted by Gasteiger charge is 2.26. The van der Waals surface area contributed by atoms with Gasteiger partial charge in [0, 0.05) is 30.8 Å². The highest BCUT2D eigenvalue weighted by Crippen LogP contribution is 2.36. The van der Waals surface area contributed by atoms with Crippen LogP contribution >= 0.6 is 11.3 Å². The van der Waals surface area contributed by atoms with Crippen LogP contribution in [0.3, 0.4) is 0 Å². The van der Waals surface area contributed by atoms with E-state index in [9.17, 15) is 9.18 Å². The number of nitrogens with zero attached hydrogens (tertiary/aromatic N) is 4. The van der Waals surface area contributed by atoms with Crippen molar-refractivity contribution in [2.45, 2.75) is 44.1 Å². The Morgan fingerprint density at radius 1 is 1.30 bits per heavy atom. The number of nitrogens with two attached hydrogens (primary N) is 2. The van der Waals surface area contributed by atoms with Gasteiger partial charge in [-0.3, -0.25) is 14.5 Å². The highest BCUT2D eigenvalue weighted by atomic mass is 32.1. The summed E-state index contributed by atoms with van der Waals surface area (Å²) in [6.45, 7) is 0. The third kappa shape index (κ3) is 4.05. The molecule has 3 aromatic heterocycles. The second-order valence-corrected chi connectivity index (χ2v) is 8.60. The number of hydrogen-bond acceptors (Lipinski definition) is 7. The molecule has 1 aliphatic rings. The first-order valence-corrected chi connectivity index (χ1v) is 10.7. The summed E-state index contributed by atoms with van der Waals surface area (Å²) in [5, 5.41) is 7.80. The summed E-state index contributed by atoms with van der Waals surface area (Å²) in [6.07, 6.45) is 9.18. The summed E-state index contributed by atoms with van der Waals surface area (Å²) in [5.41, 5.74) is 14.1. The van der Waals surface area contributed by atoms with Crippen molar-refractivity contribution >= 4 is 27.9 Å². The van der Waals surface area contributed by atoms with E-state index in [0.717, 1.165) is 55.3 Å². The molecule has 1 saturated carbocycles. The van der Waals surface area contributed by atoms with Gasteiger partial charge in [0.2, 0.25) is 0 Å². The van der Waals surface area contributed by atoms with Gasteiger partial charge in [-0.1, -0.05) is 17.8 Å². The molecule has 8 nitrogen and oxygen atoms in total. The van der Waals surface area contributed by atoms with Crippen molar-refractivity contribution < 1.29 is 9.18 Å². The fraction of sp³-hybridized carbons (Fsp3) is 0.400. The first-order valence-electron chi connectivity index (χ1n) is 9.89. The maximum Gasteiger partial charge on any atom is 0.277 e. The topological polar surface area (TPSA) is 125 Å². The van der Waals surface area contributed by atoms with Crippen molar-refractivity contribution in [2.24, 2.45) is 12.8 Å². The minimum Gasteiger partial charge on any atom is -0.389 e. The molecule has 0 saturated heterocycles. The molecule has 3 aromatic rings. The third-order valence-corrected chi connectivity index (χ3v) is 6.42. The largest absolute Gasteiger partial charge is 0.389 e. The molecule has 158 valence electrons. The van der Waals surface area contributed by atoms with Crippen molar-refractivity contribution in [2.75, 3.05) is 11.1 Å². The number of aryl methyl sites for hydroxylation is 1. The van der Waals surface area contributed by atoms with Crippen LogP contribution in [0.5, 0.6) is 0 Å². The average molecular weight is 430 g/mol. The lowest BCUT2D eigenvalue weighted by atomic mass is 9.95. The molecule has 0 aliphatic heterocycles. The van der Waals surface area contributed by atoms with Crippen LogP contribution in [0.1, 0.15) is 54.2 Å². The second-order valence-electron chi connectivity index (χ2n) is 7.57. The van der Waals surface area contributed by atoms with Crippen LogP contribution in [0.4, 0.5) is 15.1 Å². The summed E-state index contributed by atoms with van der Waals surface area (Å²) in [4.78, 5) is 20.9. The summed E-state index contributed by atoms with van der Waals surface area (Å²) >= 11 is 1.06. The molecule has 10 heteroatoms. The minimum absolute atomic E-state index is 0.0731.